The molecule has 1 fully saturated rings. The van der Waals surface area contributed by atoms with Crippen molar-refractivity contribution in [1.82, 2.24) is 0 Å². The van der Waals surface area contributed by atoms with Crippen LogP contribution in [0.15, 0.2) is 48.5 Å². The minimum Gasteiger partial charge on any atom is -0.299 e. The van der Waals surface area contributed by atoms with Gasteiger partial charge in [-0.2, -0.15) is 0 Å². The highest BCUT2D eigenvalue weighted by Gasteiger charge is 2.52. The van der Waals surface area contributed by atoms with E-state index in [1.807, 2.05) is 12.1 Å². The Kier molecular flexibility index (Phi) is 3.34. The van der Waals surface area contributed by atoms with E-state index in [0.717, 1.165) is 37.1 Å². The van der Waals surface area contributed by atoms with E-state index in [-0.39, 0.29) is 11.3 Å². The topological polar surface area (TPSA) is 17.1 Å². The van der Waals surface area contributed by atoms with E-state index in [9.17, 15) is 4.79 Å². The van der Waals surface area contributed by atoms with Crippen LogP contribution in [0.1, 0.15) is 48.3 Å². The minimum atomic E-state index is -0.303. The number of carbonyl (C=O) groups is 1. The van der Waals surface area contributed by atoms with Crippen LogP contribution in [0.4, 0.5) is 0 Å². The van der Waals surface area contributed by atoms with Gasteiger partial charge in [-0.1, -0.05) is 54.4 Å². The van der Waals surface area contributed by atoms with Gasteiger partial charge in [0.05, 0.1) is 5.41 Å². The highest BCUT2D eigenvalue weighted by Crippen LogP contribution is 2.54. The third-order valence-corrected chi connectivity index (χ3v) is 5.76. The molecule has 0 radical (unpaired) electrons. The van der Waals surface area contributed by atoms with Gasteiger partial charge in [-0.25, -0.2) is 0 Å². The number of Topliss-reactive ketones (excluding diaryl/α,β-unsaturated/α-hetero) is 1. The second-order valence-electron chi connectivity index (χ2n) is 6.57. The van der Waals surface area contributed by atoms with E-state index in [1.165, 1.54) is 16.7 Å². The number of fused-ring (bicyclic) bond motifs is 2. The van der Waals surface area contributed by atoms with E-state index in [4.69, 9.17) is 11.6 Å². The zero-order chi connectivity index (χ0) is 15.2. The maximum absolute atomic E-state index is 13.0. The SMILES string of the molecule is O=C1CCCC[C@]12c1ccccc1C[C@@H]2c1ccc(Cl)cc1. The monoisotopic (exact) mass is 310 g/mol. The van der Waals surface area contributed by atoms with Crippen LogP contribution in [0.3, 0.4) is 0 Å². The fraction of sp³-hybridized carbons (Fsp3) is 0.350. The van der Waals surface area contributed by atoms with Crippen LogP contribution >= 0.6 is 11.6 Å². The van der Waals surface area contributed by atoms with Crippen molar-refractivity contribution in [2.24, 2.45) is 0 Å². The molecule has 1 spiro atoms. The largest absolute Gasteiger partial charge is 0.299 e. The van der Waals surface area contributed by atoms with E-state index in [1.54, 1.807) is 0 Å². The predicted octanol–water partition coefficient (Wildman–Crippen LogP) is 5.06. The van der Waals surface area contributed by atoms with Crippen molar-refractivity contribution in [1.29, 1.82) is 0 Å². The van der Waals surface area contributed by atoms with E-state index < -0.39 is 0 Å². The van der Waals surface area contributed by atoms with Gasteiger partial charge in [0.1, 0.15) is 5.78 Å². The fourth-order valence-corrected chi connectivity index (χ4v) is 4.64. The summed E-state index contributed by atoms with van der Waals surface area (Å²) in [5.74, 6) is 0.693. The summed E-state index contributed by atoms with van der Waals surface area (Å²) >= 11 is 6.05. The maximum atomic E-state index is 13.0. The third kappa shape index (κ3) is 1.95. The second-order valence-corrected chi connectivity index (χ2v) is 7.00. The molecule has 0 N–H and O–H groups in total. The van der Waals surface area contributed by atoms with E-state index in [0.29, 0.717) is 5.78 Å². The third-order valence-electron chi connectivity index (χ3n) is 5.51. The van der Waals surface area contributed by atoms with Crippen molar-refractivity contribution in [3.63, 3.8) is 0 Å². The summed E-state index contributed by atoms with van der Waals surface area (Å²) in [7, 11) is 0. The number of hydrogen-bond acceptors (Lipinski definition) is 1. The van der Waals surface area contributed by atoms with Crippen LogP contribution in [-0.4, -0.2) is 5.78 Å². The van der Waals surface area contributed by atoms with Crippen LogP contribution in [0.5, 0.6) is 0 Å². The molecule has 0 aromatic heterocycles. The molecular weight excluding hydrogens is 292 g/mol. The number of rotatable bonds is 1. The lowest BCUT2D eigenvalue weighted by molar-refractivity contribution is -0.127. The average Bonchev–Trinajstić information content (AvgIpc) is 2.87. The molecule has 4 rings (SSSR count). The van der Waals surface area contributed by atoms with Gasteiger partial charge in [0.2, 0.25) is 0 Å². The Balaban J connectivity index is 1.88. The predicted molar refractivity (Wildman–Crippen MR) is 89.5 cm³/mol. The molecule has 22 heavy (non-hydrogen) atoms. The number of benzene rings is 2. The van der Waals surface area contributed by atoms with E-state index in [2.05, 4.69) is 36.4 Å². The highest BCUT2D eigenvalue weighted by atomic mass is 35.5. The molecule has 2 aromatic carbocycles. The molecule has 1 saturated carbocycles. The van der Waals surface area contributed by atoms with Crippen LogP contribution in [-0.2, 0) is 16.6 Å². The van der Waals surface area contributed by atoms with E-state index >= 15 is 0 Å². The van der Waals surface area contributed by atoms with Crippen LogP contribution < -0.4 is 0 Å². The molecule has 0 saturated heterocycles. The number of ketones is 1. The maximum Gasteiger partial charge on any atom is 0.144 e. The van der Waals surface area contributed by atoms with Crippen molar-refractivity contribution in [3.8, 4) is 0 Å². The molecule has 0 aliphatic heterocycles. The fourth-order valence-electron chi connectivity index (χ4n) is 4.52. The first-order chi connectivity index (χ1) is 10.7. The zero-order valence-electron chi connectivity index (χ0n) is 12.5. The molecule has 2 aliphatic rings. The Morgan fingerprint density at radius 3 is 2.55 bits per heavy atom. The van der Waals surface area contributed by atoms with Crippen molar-refractivity contribution < 1.29 is 4.79 Å². The standard InChI is InChI=1S/C20H19ClO/c21-16-10-8-14(9-11-16)18-13-15-5-1-2-6-17(15)20(18)12-4-3-7-19(20)22/h1-2,5-6,8-11,18H,3-4,7,12-13H2/t18-,20-/m1/s1. The Morgan fingerprint density at radius 2 is 1.77 bits per heavy atom. The number of carbonyl (C=O) groups excluding carboxylic acids is 1. The van der Waals surface area contributed by atoms with Gasteiger partial charge in [0.25, 0.3) is 0 Å². The summed E-state index contributed by atoms with van der Waals surface area (Å²) in [5, 5.41) is 0.753. The van der Waals surface area contributed by atoms with Crippen molar-refractivity contribution >= 4 is 17.4 Å². The molecule has 1 nitrogen and oxygen atoms in total. The van der Waals surface area contributed by atoms with Crippen LogP contribution in [0, 0.1) is 0 Å². The van der Waals surface area contributed by atoms with Crippen molar-refractivity contribution in [2.75, 3.05) is 0 Å². The lowest BCUT2D eigenvalue weighted by atomic mass is 9.62. The van der Waals surface area contributed by atoms with Gasteiger partial charge in [0, 0.05) is 17.4 Å². The van der Waals surface area contributed by atoms with Gasteiger partial charge >= 0.3 is 0 Å². The van der Waals surface area contributed by atoms with Gasteiger partial charge in [-0.05, 0) is 48.1 Å². The summed E-state index contributed by atoms with van der Waals surface area (Å²) in [4.78, 5) is 13.0. The normalized spacial score (nSPS) is 27.1. The Morgan fingerprint density at radius 1 is 1.00 bits per heavy atom. The summed E-state index contributed by atoms with van der Waals surface area (Å²) in [6.07, 6.45) is 4.85. The number of halogens is 1. The smallest absolute Gasteiger partial charge is 0.144 e. The zero-order valence-corrected chi connectivity index (χ0v) is 13.3. The van der Waals surface area contributed by atoms with Gasteiger partial charge in [-0.3, -0.25) is 4.79 Å². The first-order valence-electron chi connectivity index (χ1n) is 8.09. The highest BCUT2D eigenvalue weighted by molar-refractivity contribution is 6.30. The second kappa shape index (κ2) is 5.24. The molecule has 0 unspecified atom stereocenters. The average molecular weight is 311 g/mol. The quantitative estimate of drug-likeness (QED) is 0.719. The van der Waals surface area contributed by atoms with Gasteiger partial charge in [0.15, 0.2) is 0 Å². The van der Waals surface area contributed by atoms with Crippen molar-refractivity contribution in [3.05, 3.63) is 70.2 Å². The lowest BCUT2D eigenvalue weighted by Gasteiger charge is -2.38. The molecule has 2 heteroatoms. The molecule has 112 valence electrons. The summed E-state index contributed by atoms with van der Waals surface area (Å²) in [5.41, 5.74) is 3.57. The molecule has 0 amide bonds. The first kappa shape index (κ1) is 14.0. The molecule has 0 bridgehead atoms. The van der Waals surface area contributed by atoms with Gasteiger partial charge < -0.3 is 0 Å². The minimum absolute atomic E-state index is 0.259. The molecule has 0 heterocycles. The number of hydrogen-bond donors (Lipinski definition) is 0. The summed E-state index contributed by atoms with van der Waals surface area (Å²) < 4.78 is 0. The van der Waals surface area contributed by atoms with Crippen LogP contribution in [0.25, 0.3) is 0 Å². The summed E-state index contributed by atoms with van der Waals surface area (Å²) in [6, 6.07) is 16.6. The first-order valence-corrected chi connectivity index (χ1v) is 8.47. The molecular formula is C20H19ClO. The molecule has 2 aromatic rings. The summed E-state index contributed by atoms with van der Waals surface area (Å²) in [6.45, 7) is 0. The van der Waals surface area contributed by atoms with Crippen LogP contribution in [0.2, 0.25) is 5.02 Å². The molecule has 2 atom stereocenters. The Hall–Kier alpha value is -1.60. The lowest BCUT2D eigenvalue weighted by Crippen LogP contribution is -2.41. The molecule has 2 aliphatic carbocycles. The Labute approximate surface area is 136 Å². The van der Waals surface area contributed by atoms with Gasteiger partial charge in [-0.15, -0.1) is 0 Å². The Bertz CT molecular complexity index is 719. The van der Waals surface area contributed by atoms with Crippen molar-refractivity contribution in [2.45, 2.75) is 43.4 Å².